The number of aliphatic hydroxyl groups is 2. The maximum Gasteiger partial charge on any atom is 0.495 e. The monoisotopic (exact) mass is 1060 g/mol. The van der Waals surface area contributed by atoms with Crippen LogP contribution in [0, 0.1) is 25.7 Å². The van der Waals surface area contributed by atoms with Crippen molar-refractivity contribution in [2.24, 2.45) is 11.8 Å². The number of amides is 4. The summed E-state index contributed by atoms with van der Waals surface area (Å²) < 4.78 is 60.6. The third kappa shape index (κ3) is 15.5. The van der Waals surface area contributed by atoms with Gasteiger partial charge in [0, 0.05) is 75.2 Å². The van der Waals surface area contributed by atoms with Gasteiger partial charge in [0.1, 0.15) is 11.6 Å². The van der Waals surface area contributed by atoms with Gasteiger partial charge in [0.2, 0.25) is 0 Å². The molecule has 2 atom stereocenters. The van der Waals surface area contributed by atoms with Gasteiger partial charge < -0.3 is 59.2 Å². The summed E-state index contributed by atoms with van der Waals surface area (Å²) in [4.78, 5) is 41.8. The van der Waals surface area contributed by atoms with Crippen LogP contribution >= 0.6 is 11.6 Å². The molecule has 0 unspecified atom stereocenters. The van der Waals surface area contributed by atoms with Gasteiger partial charge in [-0.15, -0.1) is 0 Å². The molecule has 2 aromatic carbocycles. The van der Waals surface area contributed by atoms with Crippen LogP contribution < -0.4 is 25.9 Å². The number of alkyl halides is 3. The van der Waals surface area contributed by atoms with Crippen molar-refractivity contribution in [3.63, 3.8) is 0 Å². The van der Waals surface area contributed by atoms with Crippen LogP contribution in [0.5, 0.6) is 0 Å². The largest absolute Gasteiger partial charge is 0.495 e. The fourth-order valence-electron chi connectivity index (χ4n) is 9.55. The number of hydrogen-bond acceptors (Lipinski definition) is 12. The lowest BCUT2D eigenvalue weighted by Gasteiger charge is -2.32. The average Bonchev–Trinajstić information content (AvgIpc) is 4.12. The lowest BCUT2D eigenvalue weighted by Crippen LogP contribution is -2.41. The Morgan fingerprint density at radius 2 is 1.20 bits per heavy atom. The second-order valence-corrected chi connectivity index (χ2v) is 21.3. The van der Waals surface area contributed by atoms with Gasteiger partial charge in [-0.1, -0.05) is 42.6 Å². The summed E-state index contributed by atoms with van der Waals surface area (Å²) in [5, 5.41) is 25.3. The zero-order chi connectivity index (χ0) is 54.1. The van der Waals surface area contributed by atoms with Crippen molar-refractivity contribution in [1.29, 1.82) is 0 Å². The van der Waals surface area contributed by atoms with Gasteiger partial charge in [-0.05, 0) is 137 Å². The van der Waals surface area contributed by atoms with E-state index in [-0.39, 0.29) is 25.8 Å². The molecule has 5 aliphatic heterocycles. The number of likely N-dealkylation sites (tertiary alicyclic amines) is 2. The second-order valence-electron chi connectivity index (χ2n) is 20.8. The molecule has 5 saturated heterocycles. The van der Waals surface area contributed by atoms with Gasteiger partial charge in [0.25, 0.3) is 0 Å². The number of aryl methyl sites for hydroxylation is 2. The molecule has 7 heterocycles. The second kappa shape index (κ2) is 25.3. The lowest BCUT2D eigenvalue weighted by atomic mass is 9.76. The van der Waals surface area contributed by atoms with Crippen LogP contribution in [0.15, 0.2) is 60.7 Å². The van der Waals surface area contributed by atoms with E-state index in [1.807, 2.05) is 75.9 Å². The Labute approximate surface area is 444 Å². The van der Waals surface area contributed by atoms with Crippen molar-refractivity contribution in [2.75, 3.05) is 99.2 Å². The molecule has 16 nitrogen and oxygen atoms in total. The van der Waals surface area contributed by atoms with Crippen LogP contribution in [0.2, 0.25) is 5.02 Å². The summed E-state index contributed by atoms with van der Waals surface area (Å²) in [5.74, 6) is 1.72. The van der Waals surface area contributed by atoms with E-state index < -0.39 is 42.9 Å². The number of ether oxygens (including phenoxy) is 2. The van der Waals surface area contributed by atoms with E-state index in [1.165, 1.54) is 4.90 Å². The zero-order valence-electron chi connectivity index (χ0n) is 44.3. The summed E-state index contributed by atoms with van der Waals surface area (Å²) in [5.41, 5.74) is 6.52. The number of urea groups is 2. The SMILES string of the molecule is CC[C@@H]1CCN(C(=O)Nc2ccc(C)c(-c3cc(CO)nc(N4CCOCC4)c3)c2)C1.Cc1ccc(NC(=O)N2CC[C@@H](CC(F)(F)F)C2)cc1B1OC(C)(C)C(C)(C)O1.OCc1cc(Cl)cc(N2CCOCC2)n1. The Hall–Kier alpha value is -5.22. The highest BCUT2D eigenvalue weighted by atomic mass is 35.5. The number of morpholine rings is 2. The number of halogens is 4. The first-order chi connectivity index (χ1) is 35.6. The summed E-state index contributed by atoms with van der Waals surface area (Å²) in [6.07, 6.45) is -2.51. The van der Waals surface area contributed by atoms with Crippen LogP contribution in [0.4, 0.5) is 45.8 Å². The molecule has 0 bridgehead atoms. The molecule has 2 aromatic heterocycles. The molecule has 0 radical (unpaired) electrons. The molecule has 4 N–H and O–H groups in total. The van der Waals surface area contributed by atoms with Crippen molar-refractivity contribution in [2.45, 2.75) is 105 Å². The number of anilines is 4. The highest BCUT2D eigenvalue weighted by molar-refractivity contribution is 6.62. The van der Waals surface area contributed by atoms with E-state index in [0.717, 1.165) is 97.1 Å². The number of rotatable bonds is 10. The minimum absolute atomic E-state index is 0.0365. The highest BCUT2D eigenvalue weighted by Crippen LogP contribution is 2.37. The minimum atomic E-state index is -4.20. The molecular weight excluding hydrogens is 992 g/mol. The Morgan fingerprint density at radius 3 is 1.72 bits per heavy atom. The molecule has 75 heavy (non-hydrogen) atoms. The van der Waals surface area contributed by atoms with Crippen LogP contribution in [0.3, 0.4) is 0 Å². The van der Waals surface area contributed by atoms with E-state index in [2.05, 4.69) is 50.3 Å². The summed E-state index contributed by atoms with van der Waals surface area (Å²) >= 11 is 5.94. The van der Waals surface area contributed by atoms with Gasteiger partial charge >= 0.3 is 25.4 Å². The Balaban J connectivity index is 0.000000173. The maximum atomic E-state index is 12.7. The summed E-state index contributed by atoms with van der Waals surface area (Å²) in [6, 6.07) is 18.5. The first-order valence-electron chi connectivity index (χ1n) is 25.9. The number of carbonyl (C=O) groups is 2. The van der Waals surface area contributed by atoms with Crippen LogP contribution in [-0.4, -0.2) is 145 Å². The van der Waals surface area contributed by atoms with Gasteiger partial charge in [-0.3, -0.25) is 0 Å². The fraction of sp³-hybridized carbons (Fsp3) is 0.556. The molecule has 0 spiro atoms. The first-order valence-corrected chi connectivity index (χ1v) is 26.3. The molecule has 5 aliphatic rings. The third-order valence-corrected chi connectivity index (χ3v) is 15.0. The van der Waals surface area contributed by atoms with Crippen molar-refractivity contribution >= 4 is 59.3 Å². The van der Waals surface area contributed by atoms with E-state index in [0.29, 0.717) is 67.4 Å². The van der Waals surface area contributed by atoms with Crippen LogP contribution in [0.25, 0.3) is 11.1 Å². The highest BCUT2D eigenvalue weighted by Gasteiger charge is 2.52. The Morgan fingerprint density at radius 1 is 0.707 bits per heavy atom. The Bertz CT molecular complexity index is 2570. The molecule has 408 valence electrons. The average molecular weight is 1070 g/mol. The molecule has 4 amide bonds. The molecule has 0 aliphatic carbocycles. The van der Waals surface area contributed by atoms with Crippen LogP contribution in [0.1, 0.15) is 82.8 Å². The van der Waals surface area contributed by atoms with Crippen molar-refractivity contribution < 1.29 is 51.8 Å². The minimum Gasteiger partial charge on any atom is -0.399 e. The number of nitrogens with one attached hydrogen (secondary N) is 2. The fourth-order valence-corrected chi connectivity index (χ4v) is 9.78. The van der Waals surface area contributed by atoms with E-state index in [1.54, 1.807) is 18.2 Å². The normalized spacial score (nSPS) is 20.3. The number of nitrogens with zero attached hydrogens (tertiary/aromatic N) is 6. The zero-order valence-corrected chi connectivity index (χ0v) is 45.0. The summed E-state index contributed by atoms with van der Waals surface area (Å²) in [6.45, 7) is 21.9. The number of pyridine rings is 2. The van der Waals surface area contributed by atoms with Gasteiger partial charge in [0.15, 0.2) is 0 Å². The number of aromatic nitrogens is 2. The summed E-state index contributed by atoms with van der Waals surface area (Å²) in [7, 11) is -0.556. The number of aliphatic hydroxyl groups excluding tert-OH is 2. The lowest BCUT2D eigenvalue weighted by molar-refractivity contribution is -0.143. The number of carbonyl (C=O) groups excluding carboxylic acids is 2. The molecule has 9 rings (SSSR count). The van der Waals surface area contributed by atoms with Crippen molar-refractivity contribution in [3.8, 4) is 11.1 Å². The van der Waals surface area contributed by atoms with E-state index >= 15 is 0 Å². The topological polar surface area (TPSA) is 174 Å². The standard InChI is InChI=1S/C24H32N4O3.C20H28BF3N2O3.C10H13ClN2O2/c1-3-18-6-7-28(15-18)24(30)26-20-5-4-17(2)22(14-20)19-12-21(16-29)25-23(13-19)27-8-10-31-11-9-27;1-13-6-7-15(10-16(13)21-28-18(2,3)19(4,5)29-21)25-17(27)26-9-8-14(12-26)11-20(22,23)24;11-8-5-9(7-14)12-10(6-8)13-1-3-15-4-2-13/h4-5,12-14,18,29H,3,6-11,15-16H2,1-2H3,(H,26,30);6-7,10,14H,8-9,11-12H2,1-5H3,(H,25,27);5-6,14H,1-4,7H2/t18-;14-;/m10./s1. The quantitative estimate of drug-likeness (QED) is 0.111. The maximum absolute atomic E-state index is 12.7. The van der Waals surface area contributed by atoms with E-state index in [9.17, 15) is 27.9 Å². The number of benzene rings is 2. The van der Waals surface area contributed by atoms with Gasteiger partial charge in [-0.25, -0.2) is 19.6 Å². The molecule has 4 aromatic rings. The van der Waals surface area contributed by atoms with Crippen molar-refractivity contribution in [1.82, 2.24) is 19.8 Å². The third-order valence-electron chi connectivity index (χ3n) is 14.8. The van der Waals surface area contributed by atoms with Crippen molar-refractivity contribution in [3.05, 3.63) is 88.2 Å². The van der Waals surface area contributed by atoms with Gasteiger partial charge in [-0.2, -0.15) is 13.2 Å². The predicted molar refractivity (Wildman–Crippen MR) is 287 cm³/mol. The number of hydrogen-bond donors (Lipinski definition) is 4. The van der Waals surface area contributed by atoms with Gasteiger partial charge in [0.05, 0.1) is 62.2 Å². The first kappa shape index (κ1) is 57.5. The Kier molecular flexibility index (Phi) is 19.4. The molecule has 0 saturated carbocycles. The molecular formula is C54H73BClF3N8O8. The van der Waals surface area contributed by atoms with E-state index in [4.69, 9.17) is 35.5 Å². The molecule has 5 fully saturated rings. The predicted octanol–water partition coefficient (Wildman–Crippen LogP) is 8.81. The molecule has 21 heteroatoms. The van der Waals surface area contributed by atoms with Crippen LogP contribution in [-0.2, 0) is 32.0 Å². The smallest absolute Gasteiger partial charge is 0.399 e.